The molecule has 2 heterocycles. The molecule has 2 N–H and O–H groups in total. The summed E-state index contributed by atoms with van der Waals surface area (Å²) in [6.07, 6.45) is 1.69. The van der Waals surface area contributed by atoms with Crippen LogP contribution in [0.2, 0.25) is 0 Å². The average Bonchev–Trinajstić information content (AvgIpc) is 2.70. The van der Waals surface area contributed by atoms with Gasteiger partial charge in [0.25, 0.3) is 0 Å². The van der Waals surface area contributed by atoms with E-state index in [0.717, 1.165) is 11.6 Å². The number of nitrogens with zero attached hydrogens (tertiary/aromatic N) is 2. The summed E-state index contributed by atoms with van der Waals surface area (Å²) in [7, 11) is 0. The summed E-state index contributed by atoms with van der Waals surface area (Å²) < 4.78 is 41.6. The molecule has 6 heteroatoms. The zero-order valence-electron chi connectivity index (χ0n) is 10.5. The molecule has 20 heavy (non-hydrogen) atoms. The highest BCUT2D eigenvalue weighted by molar-refractivity contribution is 5.75. The van der Waals surface area contributed by atoms with E-state index in [-0.39, 0.29) is 17.1 Å². The van der Waals surface area contributed by atoms with E-state index in [1.807, 2.05) is 13.0 Å². The summed E-state index contributed by atoms with van der Waals surface area (Å²) in [4.78, 5) is 4.18. The highest BCUT2D eigenvalue weighted by Gasteiger charge is 2.18. The highest BCUT2D eigenvalue weighted by Crippen LogP contribution is 2.30. The van der Waals surface area contributed by atoms with E-state index < -0.39 is 17.5 Å². The molecule has 3 aromatic rings. The Bertz CT molecular complexity index is 824. The molecule has 0 aliphatic rings. The van der Waals surface area contributed by atoms with E-state index in [9.17, 15) is 13.2 Å². The Morgan fingerprint density at radius 3 is 2.50 bits per heavy atom. The van der Waals surface area contributed by atoms with Crippen molar-refractivity contribution in [3.05, 3.63) is 53.5 Å². The Morgan fingerprint density at radius 1 is 1.05 bits per heavy atom. The number of benzene rings is 1. The molecule has 2 aromatic heterocycles. The molecule has 3 nitrogen and oxygen atoms in total. The summed E-state index contributed by atoms with van der Waals surface area (Å²) in [5.41, 5.74) is 7.29. The van der Waals surface area contributed by atoms with Crippen molar-refractivity contribution >= 4 is 11.5 Å². The number of nitrogen functional groups attached to an aromatic ring is 1. The van der Waals surface area contributed by atoms with Crippen LogP contribution in [0.25, 0.3) is 16.9 Å². The maximum Gasteiger partial charge on any atom is 0.161 e. The number of imidazole rings is 1. The van der Waals surface area contributed by atoms with Crippen molar-refractivity contribution in [2.24, 2.45) is 0 Å². The molecule has 102 valence electrons. The number of nitrogens with two attached hydrogens (primary N) is 1. The van der Waals surface area contributed by atoms with Gasteiger partial charge in [0.15, 0.2) is 11.6 Å². The lowest BCUT2D eigenvalue weighted by molar-refractivity contribution is 0.496. The van der Waals surface area contributed by atoms with Crippen molar-refractivity contribution in [2.75, 3.05) is 5.73 Å². The predicted molar refractivity (Wildman–Crippen MR) is 69.7 cm³/mol. The van der Waals surface area contributed by atoms with Crippen molar-refractivity contribution in [1.82, 2.24) is 9.38 Å². The van der Waals surface area contributed by atoms with Gasteiger partial charge < -0.3 is 5.73 Å². The molecule has 0 saturated carbocycles. The molecule has 0 bridgehead atoms. The van der Waals surface area contributed by atoms with Crippen molar-refractivity contribution in [3.63, 3.8) is 0 Å². The van der Waals surface area contributed by atoms with Gasteiger partial charge in [-0.2, -0.15) is 0 Å². The maximum atomic E-state index is 13.8. The summed E-state index contributed by atoms with van der Waals surface area (Å²) >= 11 is 0. The standard InChI is InChI=1S/C14H10F3N3/c1-7-2-3-20-12(4-7)19-13(14(20)18)8-5-10(16)11(17)6-9(8)15/h2-6H,18H2,1H3. The van der Waals surface area contributed by atoms with Crippen LogP contribution in [0.5, 0.6) is 0 Å². The largest absolute Gasteiger partial charge is 0.383 e. The van der Waals surface area contributed by atoms with Gasteiger partial charge in [-0.1, -0.05) is 0 Å². The Labute approximate surface area is 112 Å². The molecular formula is C14H10F3N3. The first-order valence-corrected chi connectivity index (χ1v) is 5.86. The van der Waals surface area contributed by atoms with Crippen LogP contribution >= 0.6 is 0 Å². The zero-order valence-corrected chi connectivity index (χ0v) is 10.5. The van der Waals surface area contributed by atoms with Gasteiger partial charge in [-0.15, -0.1) is 0 Å². The van der Waals surface area contributed by atoms with Crippen molar-refractivity contribution < 1.29 is 13.2 Å². The van der Waals surface area contributed by atoms with Gasteiger partial charge in [0.05, 0.1) is 0 Å². The molecule has 0 saturated heterocycles. The van der Waals surface area contributed by atoms with E-state index in [0.29, 0.717) is 11.7 Å². The minimum atomic E-state index is -1.25. The number of halogens is 3. The van der Waals surface area contributed by atoms with Gasteiger partial charge in [0.2, 0.25) is 0 Å². The number of aryl methyl sites for hydroxylation is 1. The third-order valence-electron chi connectivity index (χ3n) is 3.08. The molecular weight excluding hydrogens is 267 g/mol. The highest BCUT2D eigenvalue weighted by atomic mass is 19.2. The lowest BCUT2D eigenvalue weighted by Gasteiger charge is -2.02. The lowest BCUT2D eigenvalue weighted by Crippen LogP contribution is -1.96. The number of hydrogen-bond donors (Lipinski definition) is 1. The summed E-state index contributed by atoms with van der Waals surface area (Å²) in [6, 6.07) is 4.82. The molecule has 0 aliphatic carbocycles. The van der Waals surface area contributed by atoms with Crippen LogP contribution in [-0.4, -0.2) is 9.38 Å². The summed E-state index contributed by atoms with van der Waals surface area (Å²) in [5.74, 6) is -3.13. The Morgan fingerprint density at radius 2 is 1.75 bits per heavy atom. The molecule has 0 aliphatic heterocycles. The van der Waals surface area contributed by atoms with Gasteiger partial charge in [-0.3, -0.25) is 4.40 Å². The van der Waals surface area contributed by atoms with E-state index in [1.54, 1.807) is 16.7 Å². The first kappa shape index (κ1) is 12.5. The normalized spacial score (nSPS) is 11.2. The molecule has 0 unspecified atom stereocenters. The van der Waals surface area contributed by atoms with Gasteiger partial charge in [0.1, 0.15) is 23.0 Å². The fourth-order valence-corrected chi connectivity index (χ4v) is 2.07. The second-order valence-electron chi connectivity index (χ2n) is 4.52. The minimum Gasteiger partial charge on any atom is -0.383 e. The number of fused-ring (bicyclic) bond motifs is 1. The fraction of sp³-hybridized carbons (Fsp3) is 0.0714. The number of pyridine rings is 1. The van der Waals surface area contributed by atoms with Crippen molar-refractivity contribution in [2.45, 2.75) is 6.92 Å². The van der Waals surface area contributed by atoms with E-state index in [4.69, 9.17) is 5.73 Å². The zero-order chi connectivity index (χ0) is 14.4. The first-order chi connectivity index (χ1) is 9.47. The average molecular weight is 277 g/mol. The molecule has 0 amide bonds. The molecule has 0 spiro atoms. The predicted octanol–water partition coefficient (Wildman–Crippen LogP) is 3.31. The monoisotopic (exact) mass is 277 g/mol. The Kier molecular flexibility index (Phi) is 2.67. The lowest BCUT2D eigenvalue weighted by atomic mass is 10.1. The molecule has 1 aromatic carbocycles. The number of aromatic nitrogens is 2. The van der Waals surface area contributed by atoms with Crippen molar-refractivity contribution in [3.8, 4) is 11.3 Å². The third kappa shape index (κ3) is 1.80. The van der Waals surface area contributed by atoms with Gasteiger partial charge in [-0.25, -0.2) is 18.2 Å². The van der Waals surface area contributed by atoms with Crippen molar-refractivity contribution in [1.29, 1.82) is 0 Å². The van der Waals surface area contributed by atoms with E-state index in [2.05, 4.69) is 4.98 Å². The Balaban J connectivity index is 2.30. The summed E-state index contributed by atoms with van der Waals surface area (Å²) in [5, 5.41) is 0. The van der Waals surface area contributed by atoms with Crippen LogP contribution in [0.3, 0.4) is 0 Å². The van der Waals surface area contributed by atoms with E-state index >= 15 is 0 Å². The van der Waals surface area contributed by atoms with E-state index in [1.165, 1.54) is 0 Å². The topological polar surface area (TPSA) is 43.3 Å². The van der Waals surface area contributed by atoms with Crippen LogP contribution < -0.4 is 5.73 Å². The third-order valence-corrected chi connectivity index (χ3v) is 3.08. The number of anilines is 1. The molecule has 3 rings (SSSR count). The molecule has 0 radical (unpaired) electrons. The first-order valence-electron chi connectivity index (χ1n) is 5.86. The van der Waals surface area contributed by atoms with Crippen LogP contribution in [0.4, 0.5) is 19.0 Å². The van der Waals surface area contributed by atoms with Gasteiger partial charge in [0, 0.05) is 17.8 Å². The van der Waals surface area contributed by atoms with Gasteiger partial charge >= 0.3 is 0 Å². The van der Waals surface area contributed by atoms with Crippen LogP contribution in [0, 0.1) is 24.4 Å². The quantitative estimate of drug-likeness (QED) is 0.693. The smallest absolute Gasteiger partial charge is 0.161 e. The van der Waals surface area contributed by atoms with Crippen LogP contribution in [0.1, 0.15) is 5.56 Å². The minimum absolute atomic E-state index is 0.0898. The second-order valence-corrected chi connectivity index (χ2v) is 4.52. The molecule has 0 fully saturated rings. The van der Waals surface area contributed by atoms with Crippen LogP contribution in [-0.2, 0) is 0 Å². The fourth-order valence-electron chi connectivity index (χ4n) is 2.07. The second kappa shape index (κ2) is 4.26. The number of rotatable bonds is 1. The summed E-state index contributed by atoms with van der Waals surface area (Å²) in [6.45, 7) is 1.88. The maximum absolute atomic E-state index is 13.8. The molecule has 0 atom stereocenters. The number of hydrogen-bond acceptors (Lipinski definition) is 2. The van der Waals surface area contributed by atoms with Gasteiger partial charge in [-0.05, 0) is 30.7 Å². The van der Waals surface area contributed by atoms with Crippen LogP contribution in [0.15, 0.2) is 30.5 Å². The Hall–Kier alpha value is -2.50. The SMILES string of the molecule is Cc1ccn2c(N)c(-c3cc(F)c(F)cc3F)nc2c1.